The summed E-state index contributed by atoms with van der Waals surface area (Å²) in [5.74, 6) is 1.34. The molecule has 4 rings (SSSR count). The van der Waals surface area contributed by atoms with Gasteiger partial charge < -0.3 is 14.8 Å². The monoisotopic (exact) mass is 491 g/mol. The Morgan fingerprint density at radius 3 is 2.22 bits per heavy atom. The smallest absolute Gasteiger partial charge is 0.251 e. The number of fused-ring (bicyclic) bond motifs is 1. The number of ether oxygens (including phenoxy) is 2. The summed E-state index contributed by atoms with van der Waals surface area (Å²) >= 11 is 0. The van der Waals surface area contributed by atoms with Gasteiger partial charge in [-0.25, -0.2) is 0 Å². The second-order valence-corrected chi connectivity index (χ2v) is 11.9. The van der Waals surface area contributed by atoms with E-state index < -0.39 is 0 Å². The first kappa shape index (κ1) is 26.2. The molecule has 2 fully saturated rings. The van der Waals surface area contributed by atoms with E-state index in [-0.39, 0.29) is 40.4 Å². The van der Waals surface area contributed by atoms with Gasteiger partial charge in [0.2, 0.25) is 0 Å². The minimum Gasteiger partial charge on any atom is -0.497 e. The summed E-state index contributed by atoms with van der Waals surface area (Å²) in [7, 11) is 3.20. The first-order chi connectivity index (χ1) is 17.0. The third-order valence-corrected chi connectivity index (χ3v) is 9.15. The summed E-state index contributed by atoms with van der Waals surface area (Å²) in [6.07, 6.45) is 4.14. The number of nitrogens with one attached hydrogen (secondary N) is 1. The second-order valence-electron chi connectivity index (χ2n) is 11.9. The normalized spacial score (nSPS) is 29.1. The highest BCUT2D eigenvalue weighted by Crippen LogP contribution is 2.61. The van der Waals surface area contributed by atoms with E-state index in [4.69, 9.17) is 9.47 Å². The maximum Gasteiger partial charge on any atom is 0.251 e. The Kier molecular flexibility index (Phi) is 7.23. The number of carbonyl (C=O) groups excluding carboxylic acids is 2. The molecule has 194 valence electrons. The van der Waals surface area contributed by atoms with Gasteiger partial charge in [-0.05, 0) is 73.1 Å². The Morgan fingerprint density at radius 2 is 1.61 bits per heavy atom. The van der Waals surface area contributed by atoms with Gasteiger partial charge in [-0.3, -0.25) is 9.59 Å². The molecule has 0 radical (unpaired) electrons. The summed E-state index contributed by atoms with van der Waals surface area (Å²) in [6.45, 7) is 11.1. The minimum absolute atomic E-state index is 0.0152. The molecule has 1 amide bonds. The van der Waals surface area contributed by atoms with E-state index in [1.165, 1.54) is 0 Å². The van der Waals surface area contributed by atoms with E-state index in [0.717, 1.165) is 31.2 Å². The van der Waals surface area contributed by atoms with E-state index in [0.29, 0.717) is 28.5 Å². The third kappa shape index (κ3) is 4.77. The molecule has 0 unspecified atom stereocenters. The zero-order valence-corrected chi connectivity index (χ0v) is 22.8. The number of aryl methyl sites for hydroxylation is 1. The number of methoxy groups -OCH3 is 2. The molecule has 5 atom stereocenters. The molecule has 2 saturated carbocycles. The van der Waals surface area contributed by atoms with Crippen LogP contribution in [0.2, 0.25) is 0 Å². The van der Waals surface area contributed by atoms with Crippen molar-refractivity contribution in [3.8, 4) is 11.5 Å². The molecular weight excluding hydrogens is 450 g/mol. The fourth-order valence-electron chi connectivity index (χ4n) is 7.32. The highest BCUT2D eigenvalue weighted by atomic mass is 16.5. The van der Waals surface area contributed by atoms with Gasteiger partial charge in [0.05, 0.1) is 14.2 Å². The predicted molar refractivity (Wildman–Crippen MR) is 143 cm³/mol. The lowest BCUT2D eigenvalue weighted by atomic mass is 9.45. The number of ketones is 1. The maximum atomic E-state index is 14.3. The highest BCUT2D eigenvalue weighted by Gasteiger charge is 2.58. The van der Waals surface area contributed by atoms with Crippen LogP contribution in [0.1, 0.15) is 79.7 Å². The summed E-state index contributed by atoms with van der Waals surface area (Å²) in [5, 5.41) is 3.34. The number of hydrogen-bond donors (Lipinski definition) is 1. The molecule has 0 bridgehead atoms. The van der Waals surface area contributed by atoms with Crippen LogP contribution < -0.4 is 14.8 Å². The molecule has 0 aliphatic heterocycles. The molecule has 2 aromatic rings. The van der Waals surface area contributed by atoms with Crippen LogP contribution in [0.3, 0.4) is 0 Å². The van der Waals surface area contributed by atoms with Crippen LogP contribution in [0.5, 0.6) is 11.5 Å². The van der Waals surface area contributed by atoms with E-state index in [2.05, 4.69) is 33.0 Å². The lowest BCUT2D eigenvalue weighted by Gasteiger charge is -2.60. The quantitative estimate of drug-likeness (QED) is 0.470. The van der Waals surface area contributed by atoms with Crippen molar-refractivity contribution < 1.29 is 19.1 Å². The zero-order valence-electron chi connectivity index (χ0n) is 22.8. The van der Waals surface area contributed by atoms with Crippen molar-refractivity contribution in [2.45, 2.75) is 66.3 Å². The first-order valence-corrected chi connectivity index (χ1v) is 13.1. The summed E-state index contributed by atoms with van der Waals surface area (Å²) in [6, 6.07) is 13.0. The Hall–Kier alpha value is -2.82. The van der Waals surface area contributed by atoms with Gasteiger partial charge in [0.1, 0.15) is 11.5 Å². The molecule has 0 saturated heterocycles. The van der Waals surface area contributed by atoms with Crippen LogP contribution in [-0.2, 0) is 0 Å². The van der Waals surface area contributed by atoms with Crippen molar-refractivity contribution in [1.29, 1.82) is 0 Å². The fraction of sp³-hybridized carbons (Fsp3) is 0.548. The minimum atomic E-state index is -0.226. The Labute approximate surface area is 216 Å². The van der Waals surface area contributed by atoms with Crippen LogP contribution in [0.15, 0.2) is 42.5 Å². The Bertz CT molecular complexity index is 1120. The molecule has 0 heterocycles. The number of benzene rings is 2. The molecule has 0 aromatic heterocycles. The molecule has 2 aliphatic carbocycles. The number of carbonyl (C=O) groups is 2. The molecule has 5 heteroatoms. The fourth-order valence-corrected chi connectivity index (χ4v) is 7.32. The van der Waals surface area contributed by atoms with Gasteiger partial charge in [0, 0.05) is 29.2 Å². The number of hydrogen-bond acceptors (Lipinski definition) is 4. The highest BCUT2D eigenvalue weighted by molar-refractivity contribution is 6.00. The number of amides is 1. The van der Waals surface area contributed by atoms with E-state index in [1.54, 1.807) is 20.3 Å². The molecule has 5 nitrogen and oxygen atoms in total. The number of Topliss-reactive ketones (excluding diaryl/α,β-unsaturated/α-hetero) is 1. The topological polar surface area (TPSA) is 64.6 Å². The average molecular weight is 492 g/mol. The van der Waals surface area contributed by atoms with E-state index in [1.807, 2.05) is 43.3 Å². The Morgan fingerprint density at radius 1 is 0.944 bits per heavy atom. The molecule has 2 aromatic carbocycles. The second kappa shape index (κ2) is 9.91. The van der Waals surface area contributed by atoms with Gasteiger partial charge in [0.15, 0.2) is 5.78 Å². The summed E-state index contributed by atoms with van der Waals surface area (Å²) in [4.78, 5) is 27.6. The standard InChI is InChI=1S/C31H41NO4/c1-19-10-8-11-21(14-19)29(34)32-25-18-26-30(3,4)12-9-13-31(26,5)27(20(25)2)28(33)22-15-23(35-6)17-24(16-22)36-7/h8,10-11,14-17,20,25-27H,9,12-13,18H2,1-7H3,(H,32,34)/t20-,25+,26-,27+,31-/m0/s1. The van der Waals surface area contributed by atoms with Crippen LogP contribution >= 0.6 is 0 Å². The van der Waals surface area contributed by atoms with Gasteiger partial charge in [-0.2, -0.15) is 0 Å². The largest absolute Gasteiger partial charge is 0.497 e. The van der Waals surface area contributed by atoms with E-state index >= 15 is 0 Å². The Balaban J connectivity index is 1.74. The van der Waals surface area contributed by atoms with Crippen molar-refractivity contribution in [2.75, 3.05) is 14.2 Å². The lowest BCUT2D eigenvalue weighted by Crippen LogP contribution is -2.60. The molecule has 0 spiro atoms. The van der Waals surface area contributed by atoms with Crippen molar-refractivity contribution in [2.24, 2.45) is 28.6 Å². The maximum absolute atomic E-state index is 14.3. The van der Waals surface area contributed by atoms with Gasteiger partial charge in [-0.15, -0.1) is 0 Å². The van der Waals surface area contributed by atoms with Crippen LogP contribution in [0, 0.1) is 35.5 Å². The average Bonchev–Trinajstić information content (AvgIpc) is 2.84. The van der Waals surface area contributed by atoms with Crippen molar-refractivity contribution in [3.05, 3.63) is 59.2 Å². The van der Waals surface area contributed by atoms with Gasteiger partial charge >= 0.3 is 0 Å². The van der Waals surface area contributed by atoms with Gasteiger partial charge in [0.25, 0.3) is 5.91 Å². The van der Waals surface area contributed by atoms with Crippen molar-refractivity contribution in [1.82, 2.24) is 5.32 Å². The SMILES string of the molecule is COc1cc(OC)cc(C(=O)[C@H]2[C@@H](C)[C@H](NC(=O)c3cccc(C)c3)C[C@H]3C(C)(C)CCC[C@]23C)c1. The third-order valence-electron chi connectivity index (χ3n) is 9.15. The van der Waals surface area contributed by atoms with Crippen molar-refractivity contribution >= 4 is 11.7 Å². The predicted octanol–water partition coefficient (Wildman–Crippen LogP) is 6.48. The van der Waals surface area contributed by atoms with Crippen LogP contribution in [0.25, 0.3) is 0 Å². The van der Waals surface area contributed by atoms with Gasteiger partial charge in [-0.1, -0.05) is 51.8 Å². The van der Waals surface area contributed by atoms with Crippen LogP contribution in [-0.4, -0.2) is 32.0 Å². The zero-order chi connectivity index (χ0) is 26.3. The summed E-state index contributed by atoms with van der Waals surface area (Å²) in [5.41, 5.74) is 2.26. The molecule has 36 heavy (non-hydrogen) atoms. The molecule has 1 N–H and O–H groups in total. The first-order valence-electron chi connectivity index (χ1n) is 13.1. The van der Waals surface area contributed by atoms with Crippen LogP contribution in [0.4, 0.5) is 0 Å². The van der Waals surface area contributed by atoms with Crippen molar-refractivity contribution in [3.63, 3.8) is 0 Å². The molecule has 2 aliphatic rings. The van der Waals surface area contributed by atoms with E-state index in [9.17, 15) is 9.59 Å². The molecular formula is C31H41NO4. The lowest BCUT2D eigenvalue weighted by molar-refractivity contribution is -0.0902. The number of rotatable bonds is 6. The summed E-state index contributed by atoms with van der Waals surface area (Å²) < 4.78 is 10.9.